The first-order chi connectivity index (χ1) is 10.2. The second-order valence-electron chi connectivity index (χ2n) is 4.16. The average molecular weight is 433 g/mol. The van der Waals surface area contributed by atoms with Crippen LogP contribution in [0.25, 0.3) is 21.7 Å². The number of rotatable bonds is 2. The van der Waals surface area contributed by atoms with Crippen LogP contribution in [0.5, 0.6) is 0 Å². The van der Waals surface area contributed by atoms with E-state index >= 15 is 0 Å². The van der Waals surface area contributed by atoms with Crippen LogP contribution in [0.3, 0.4) is 0 Å². The molecule has 0 spiro atoms. The number of hydrogen-bond acceptors (Lipinski definition) is 0. The molecule has 3 rings (SSSR count). The van der Waals surface area contributed by atoms with Gasteiger partial charge in [0.25, 0.3) is 0 Å². The van der Waals surface area contributed by atoms with Crippen LogP contribution in [0, 0.1) is 0 Å². The van der Waals surface area contributed by atoms with E-state index in [1.165, 1.54) is 29.9 Å². The molecule has 107 valence electrons. The summed E-state index contributed by atoms with van der Waals surface area (Å²) in [6, 6.07) is 25.6. The number of hydrogen-bond donors (Lipinski definition) is 0. The van der Waals surface area contributed by atoms with E-state index in [-0.39, 0.29) is 0 Å². The molecule has 1 heterocycles. The van der Waals surface area contributed by atoms with Crippen molar-refractivity contribution < 1.29 is 18.2 Å². The predicted octanol–water partition coefficient (Wildman–Crippen LogP) is 7.39. The Bertz CT molecular complexity index is 597. The molecule has 0 aliphatic carbocycles. The van der Waals surface area contributed by atoms with Gasteiger partial charge in [0.1, 0.15) is 0 Å². The van der Waals surface area contributed by atoms with Gasteiger partial charge in [-0.3, -0.25) is 0 Å². The summed E-state index contributed by atoms with van der Waals surface area (Å²) in [6.45, 7) is 0. The SMILES string of the molecule is [Cl][Zr]([Cl])[Cl].c1ccc(-c2cc[c-](-c3ccccc3)p2)cc1. The summed E-state index contributed by atoms with van der Waals surface area (Å²) in [5.41, 5.74) is 2.63. The third-order valence-corrected chi connectivity index (χ3v) is 4.08. The fourth-order valence-electron chi connectivity index (χ4n) is 1.90. The van der Waals surface area contributed by atoms with Gasteiger partial charge >= 0.3 is 43.7 Å². The first-order valence-electron chi connectivity index (χ1n) is 6.25. The minimum atomic E-state index is -2.13. The molecule has 0 saturated heterocycles. The molecule has 0 radical (unpaired) electrons. The third kappa shape index (κ3) is 5.93. The summed E-state index contributed by atoms with van der Waals surface area (Å²) in [7, 11) is 16.3. The Balaban J connectivity index is 0.000000361. The molecule has 21 heavy (non-hydrogen) atoms. The number of benzene rings is 2. The summed E-state index contributed by atoms with van der Waals surface area (Å²) in [6.07, 6.45) is 0. The van der Waals surface area contributed by atoms with Gasteiger partial charge in [0.15, 0.2) is 0 Å². The van der Waals surface area contributed by atoms with Crippen LogP contribution in [-0.4, -0.2) is 0 Å². The Hall–Kier alpha value is -0.0269. The van der Waals surface area contributed by atoms with Crippen molar-refractivity contribution in [3.05, 3.63) is 72.8 Å². The molecule has 0 unspecified atom stereocenters. The zero-order valence-electron chi connectivity index (χ0n) is 11.0. The molecule has 0 atom stereocenters. The van der Waals surface area contributed by atoms with Gasteiger partial charge in [0.2, 0.25) is 0 Å². The molecule has 0 nitrogen and oxygen atoms in total. The van der Waals surface area contributed by atoms with Gasteiger partial charge < -0.3 is 0 Å². The molecule has 0 N–H and O–H groups in total. The van der Waals surface area contributed by atoms with Crippen molar-refractivity contribution in [3.63, 3.8) is 0 Å². The molecule has 0 bridgehead atoms. The van der Waals surface area contributed by atoms with Crippen molar-refractivity contribution in [2.75, 3.05) is 0 Å². The van der Waals surface area contributed by atoms with Gasteiger partial charge in [-0.2, -0.15) is 8.19 Å². The van der Waals surface area contributed by atoms with Gasteiger partial charge in [-0.1, -0.05) is 64.7 Å². The van der Waals surface area contributed by atoms with E-state index in [1.807, 2.05) is 0 Å². The molecule has 5 heteroatoms. The van der Waals surface area contributed by atoms with E-state index in [0.29, 0.717) is 0 Å². The fourth-order valence-corrected chi connectivity index (χ4v) is 3.02. The van der Waals surface area contributed by atoms with Crippen molar-refractivity contribution in [1.82, 2.24) is 0 Å². The maximum absolute atomic E-state index is 5.00. The van der Waals surface area contributed by atoms with Crippen LogP contribution in [0.1, 0.15) is 0 Å². The van der Waals surface area contributed by atoms with E-state index < -0.39 is 18.2 Å². The van der Waals surface area contributed by atoms with Gasteiger partial charge in [-0.25, -0.2) is 0 Å². The van der Waals surface area contributed by atoms with Crippen molar-refractivity contribution >= 4 is 33.7 Å². The van der Waals surface area contributed by atoms with Crippen LogP contribution in [-0.2, 0) is 18.2 Å². The fraction of sp³-hybridized carbons (Fsp3) is 0. The molecule has 2 aromatic carbocycles. The van der Waals surface area contributed by atoms with Crippen molar-refractivity contribution in [2.45, 2.75) is 0 Å². The van der Waals surface area contributed by atoms with Crippen molar-refractivity contribution in [2.24, 2.45) is 0 Å². The largest absolute Gasteiger partial charge is 0.152 e. The molecular formula is C16H12Cl3PZr-. The Morgan fingerprint density at radius 1 is 0.762 bits per heavy atom. The first kappa shape index (κ1) is 17.3. The predicted molar refractivity (Wildman–Crippen MR) is 93.0 cm³/mol. The zero-order valence-corrected chi connectivity index (χ0v) is 16.6. The molecule has 0 fully saturated rings. The quantitative estimate of drug-likeness (QED) is 0.370. The second-order valence-corrected chi connectivity index (χ2v) is 16.5. The normalized spacial score (nSPS) is 10.0. The topological polar surface area (TPSA) is 0 Å². The molecule has 0 amide bonds. The summed E-state index contributed by atoms with van der Waals surface area (Å²) < 4.78 is 0. The van der Waals surface area contributed by atoms with Crippen LogP contribution in [0.4, 0.5) is 0 Å². The van der Waals surface area contributed by atoms with Crippen LogP contribution >= 0.6 is 33.7 Å². The molecule has 0 saturated carbocycles. The molecule has 0 aliphatic rings. The molecule has 0 aliphatic heterocycles. The van der Waals surface area contributed by atoms with E-state index in [9.17, 15) is 0 Å². The monoisotopic (exact) mass is 430 g/mol. The average Bonchev–Trinajstić information content (AvgIpc) is 2.98. The first-order valence-corrected chi connectivity index (χ1v) is 16.6. The minimum absolute atomic E-state index is 1.30. The van der Waals surface area contributed by atoms with Gasteiger partial charge in [-0.15, -0.1) is 29.8 Å². The molecule has 3 aromatic rings. The van der Waals surface area contributed by atoms with Gasteiger partial charge in [0, 0.05) is 0 Å². The van der Waals surface area contributed by atoms with Crippen LogP contribution in [0.2, 0.25) is 0 Å². The molecule has 1 aromatic heterocycles. The summed E-state index contributed by atoms with van der Waals surface area (Å²) >= 11 is -2.13. The Morgan fingerprint density at radius 3 is 1.86 bits per heavy atom. The Labute approximate surface area is 145 Å². The summed E-state index contributed by atoms with van der Waals surface area (Å²) in [5, 5.41) is 2.76. The smallest absolute Gasteiger partial charge is 0.0541 e. The summed E-state index contributed by atoms with van der Waals surface area (Å²) in [5.74, 6) is 0. The van der Waals surface area contributed by atoms with Gasteiger partial charge in [-0.05, 0) is 0 Å². The minimum Gasteiger partial charge on any atom is -0.152 e. The Kier molecular flexibility index (Phi) is 7.58. The van der Waals surface area contributed by atoms with Crippen molar-refractivity contribution in [3.8, 4) is 21.7 Å². The summed E-state index contributed by atoms with van der Waals surface area (Å²) in [4.78, 5) is 0. The standard InChI is InChI=1S/C16H12P.3ClH.Zr/c1-3-7-13(8-4-1)15-11-12-16(17-15)14-9-5-2-6-10-14;;;;/h1-12H;3*1H;/q-1;;;;+3/p-3. The third-order valence-electron chi connectivity index (χ3n) is 2.78. The zero-order chi connectivity index (χ0) is 15.1. The van der Waals surface area contributed by atoms with Crippen molar-refractivity contribution in [1.29, 1.82) is 0 Å². The van der Waals surface area contributed by atoms with E-state index in [1.54, 1.807) is 0 Å². The van der Waals surface area contributed by atoms with E-state index in [0.717, 1.165) is 0 Å². The maximum Gasteiger partial charge on any atom is -0.0541 e. The van der Waals surface area contributed by atoms with E-state index in [2.05, 4.69) is 72.8 Å². The molecular weight excluding hydrogens is 421 g/mol. The van der Waals surface area contributed by atoms with Crippen LogP contribution in [0.15, 0.2) is 72.8 Å². The van der Waals surface area contributed by atoms with Crippen LogP contribution < -0.4 is 0 Å². The maximum atomic E-state index is 5.00. The Morgan fingerprint density at radius 2 is 1.29 bits per heavy atom. The number of halogens is 3. The van der Waals surface area contributed by atoms with E-state index in [4.69, 9.17) is 25.5 Å². The second kappa shape index (κ2) is 9.19. The van der Waals surface area contributed by atoms with Gasteiger partial charge in [0.05, 0.1) is 0 Å².